The third kappa shape index (κ3) is 3.28. The Kier molecular flexibility index (Phi) is 4.60. The minimum atomic E-state index is -0.0252. The van der Waals surface area contributed by atoms with Gasteiger partial charge in [-0.05, 0) is 93.7 Å². The zero-order valence-corrected chi connectivity index (χ0v) is 22.0. The lowest BCUT2D eigenvalue weighted by molar-refractivity contribution is 0.661. The molecule has 2 heteroatoms. The van der Waals surface area contributed by atoms with Gasteiger partial charge in [0.15, 0.2) is 0 Å². The largest absolute Gasteiger partial charge is 0.456 e. The Hall–Kier alpha value is -4.82. The fourth-order valence-corrected chi connectivity index (χ4v) is 6.45. The van der Waals surface area contributed by atoms with Crippen LogP contribution >= 0.6 is 0 Å². The van der Waals surface area contributed by atoms with Crippen molar-refractivity contribution < 1.29 is 4.42 Å². The lowest BCUT2D eigenvalue weighted by Gasteiger charge is -2.26. The smallest absolute Gasteiger partial charge is 0.135 e. The van der Waals surface area contributed by atoms with Crippen LogP contribution in [0, 0.1) is 0 Å². The van der Waals surface area contributed by atoms with E-state index in [4.69, 9.17) is 4.42 Å². The maximum absolute atomic E-state index is 6.13. The molecule has 1 aliphatic rings. The molecule has 0 spiro atoms. The van der Waals surface area contributed by atoms with E-state index < -0.39 is 0 Å². The summed E-state index contributed by atoms with van der Waals surface area (Å²) in [6.45, 7) is 4.68. The Morgan fingerprint density at radius 3 is 2.10 bits per heavy atom. The molecular formula is C37H27NO. The van der Waals surface area contributed by atoms with Crippen LogP contribution in [0.15, 0.2) is 132 Å². The molecule has 6 aromatic carbocycles. The van der Waals surface area contributed by atoms with Crippen molar-refractivity contribution in [3.63, 3.8) is 0 Å². The van der Waals surface area contributed by atoms with E-state index in [1.165, 1.54) is 33.0 Å². The summed E-state index contributed by atoms with van der Waals surface area (Å²) >= 11 is 0. The molecule has 0 atom stereocenters. The van der Waals surface area contributed by atoms with Gasteiger partial charge in [0.2, 0.25) is 0 Å². The average molecular weight is 502 g/mol. The lowest BCUT2D eigenvalue weighted by Crippen LogP contribution is -2.14. The van der Waals surface area contributed by atoms with Gasteiger partial charge in [0.05, 0.1) is 0 Å². The minimum Gasteiger partial charge on any atom is -0.456 e. The molecule has 0 fully saturated rings. The second-order valence-corrected chi connectivity index (χ2v) is 11.0. The van der Waals surface area contributed by atoms with Gasteiger partial charge in [0, 0.05) is 33.2 Å². The van der Waals surface area contributed by atoms with Crippen molar-refractivity contribution >= 4 is 49.8 Å². The summed E-state index contributed by atoms with van der Waals surface area (Å²) < 4.78 is 6.13. The standard InChI is InChI=1S/C37H27NO/c1-37(2)33-14-8-6-12-29(33)31-21-24-16-17-27(20-25(24)22-34(31)37)38(26-10-4-3-5-11-26)28-18-19-36-32(23-28)30-13-7-9-15-35(30)39-36/h3-23H,1-2H3. The van der Waals surface area contributed by atoms with E-state index >= 15 is 0 Å². The predicted molar refractivity (Wildman–Crippen MR) is 163 cm³/mol. The highest BCUT2D eigenvalue weighted by atomic mass is 16.3. The summed E-state index contributed by atoms with van der Waals surface area (Å²) in [5.74, 6) is 0. The zero-order chi connectivity index (χ0) is 26.1. The first-order valence-corrected chi connectivity index (χ1v) is 13.5. The van der Waals surface area contributed by atoms with E-state index in [9.17, 15) is 0 Å². The van der Waals surface area contributed by atoms with Gasteiger partial charge in [0.25, 0.3) is 0 Å². The topological polar surface area (TPSA) is 16.4 Å². The molecule has 0 saturated heterocycles. The molecule has 186 valence electrons. The molecule has 1 heterocycles. The molecule has 0 saturated carbocycles. The Balaban J connectivity index is 1.33. The SMILES string of the molecule is CC1(C)c2ccccc2-c2cc3ccc(N(c4ccccc4)c4ccc5oc6ccccc6c5c4)cc3cc21. The van der Waals surface area contributed by atoms with Crippen molar-refractivity contribution in [3.8, 4) is 11.1 Å². The van der Waals surface area contributed by atoms with E-state index in [1.54, 1.807) is 0 Å². The van der Waals surface area contributed by atoms with Crippen LogP contribution in [0.4, 0.5) is 17.1 Å². The molecule has 1 aromatic heterocycles. The summed E-state index contributed by atoms with van der Waals surface area (Å²) in [6, 6.07) is 45.8. The van der Waals surface area contributed by atoms with Gasteiger partial charge in [-0.25, -0.2) is 0 Å². The van der Waals surface area contributed by atoms with Crippen molar-refractivity contribution in [1.82, 2.24) is 0 Å². The molecule has 2 nitrogen and oxygen atoms in total. The fraction of sp³-hybridized carbons (Fsp3) is 0.0811. The molecular weight excluding hydrogens is 474 g/mol. The molecule has 0 N–H and O–H groups in total. The van der Waals surface area contributed by atoms with Gasteiger partial charge in [-0.2, -0.15) is 0 Å². The van der Waals surface area contributed by atoms with Crippen molar-refractivity contribution in [1.29, 1.82) is 0 Å². The quantitative estimate of drug-likeness (QED) is 0.239. The highest BCUT2D eigenvalue weighted by molar-refractivity contribution is 6.06. The van der Waals surface area contributed by atoms with Gasteiger partial charge in [-0.1, -0.05) is 80.6 Å². The highest BCUT2D eigenvalue weighted by Gasteiger charge is 2.35. The van der Waals surface area contributed by atoms with Crippen molar-refractivity contribution in [3.05, 3.63) is 139 Å². The molecule has 1 aliphatic carbocycles. The van der Waals surface area contributed by atoms with Crippen LogP contribution < -0.4 is 4.90 Å². The summed E-state index contributed by atoms with van der Waals surface area (Å²) in [4.78, 5) is 2.34. The number of rotatable bonds is 3. The monoisotopic (exact) mass is 501 g/mol. The van der Waals surface area contributed by atoms with Crippen molar-refractivity contribution in [2.45, 2.75) is 19.3 Å². The number of hydrogen-bond acceptors (Lipinski definition) is 2. The van der Waals surface area contributed by atoms with Crippen LogP contribution in [0.5, 0.6) is 0 Å². The van der Waals surface area contributed by atoms with E-state index in [0.29, 0.717) is 0 Å². The maximum atomic E-state index is 6.13. The summed E-state index contributed by atoms with van der Waals surface area (Å²) in [5, 5.41) is 4.78. The second-order valence-electron chi connectivity index (χ2n) is 11.0. The second kappa shape index (κ2) is 8.09. The normalized spacial score (nSPS) is 13.6. The van der Waals surface area contributed by atoms with E-state index in [0.717, 1.165) is 39.0 Å². The maximum Gasteiger partial charge on any atom is 0.135 e. The molecule has 0 aliphatic heterocycles. The molecule has 8 rings (SSSR count). The van der Waals surface area contributed by atoms with Crippen LogP contribution in [0.3, 0.4) is 0 Å². The third-order valence-electron chi connectivity index (χ3n) is 8.42. The minimum absolute atomic E-state index is 0.0252. The molecule has 0 radical (unpaired) electrons. The van der Waals surface area contributed by atoms with Crippen LogP contribution in [0.1, 0.15) is 25.0 Å². The third-order valence-corrected chi connectivity index (χ3v) is 8.42. The lowest BCUT2D eigenvalue weighted by atomic mass is 9.82. The van der Waals surface area contributed by atoms with Gasteiger partial charge in [-0.15, -0.1) is 0 Å². The number of para-hydroxylation sites is 2. The van der Waals surface area contributed by atoms with Gasteiger partial charge in [0.1, 0.15) is 11.2 Å². The number of benzene rings is 6. The van der Waals surface area contributed by atoms with Gasteiger partial charge in [-0.3, -0.25) is 0 Å². The Morgan fingerprint density at radius 1 is 0.487 bits per heavy atom. The van der Waals surface area contributed by atoms with E-state index in [-0.39, 0.29) is 5.41 Å². The van der Waals surface area contributed by atoms with E-state index in [2.05, 4.69) is 134 Å². The fourth-order valence-electron chi connectivity index (χ4n) is 6.45. The van der Waals surface area contributed by atoms with Gasteiger partial charge >= 0.3 is 0 Å². The first-order chi connectivity index (χ1) is 19.1. The van der Waals surface area contributed by atoms with Crippen molar-refractivity contribution in [2.75, 3.05) is 4.90 Å². The van der Waals surface area contributed by atoms with E-state index in [1.807, 2.05) is 12.1 Å². The number of fused-ring (bicyclic) bond motifs is 7. The number of furan rings is 1. The first-order valence-electron chi connectivity index (χ1n) is 13.5. The number of hydrogen-bond donors (Lipinski definition) is 0. The van der Waals surface area contributed by atoms with Crippen LogP contribution in [0.2, 0.25) is 0 Å². The predicted octanol–water partition coefficient (Wildman–Crippen LogP) is 10.5. The Morgan fingerprint density at radius 2 is 1.21 bits per heavy atom. The first kappa shape index (κ1) is 22.2. The van der Waals surface area contributed by atoms with Crippen LogP contribution in [-0.2, 0) is 5.41 Å². The molecule has 7 aromatic rings. The molecule has 0 unspecified atom stereocenters. The van der Waals surface area contributed by atoms with Crippen LogP contribution in [-0.4, -0.2) is 0 Å². The summed E-state index contributed by atoms with van der Waals surface area (Å²) in [7, 11) is 0. The molecule has 0 bridgehead atoms. The van der Waals surface area contributed by atoms with Gasteiger partial charge < -0.3 is 9.32 Å². The molecule has 39 heavy (non-hydrogen) atoms. The summed E-state index contributed by atoms with van der Waals surface area (Å²) in [5.41, 5.74) is 10.7. The Bertz CT molecular complexity index is 2050. The van der Waals surface area contributed by atoms with Crippen molar-refractivity contribution in [2.24, 2.45) is 0 Å². The molecule has 0 amide bonds. The zero-order valence-electron chi connectivity index (χ0n) is 22.0. The summed E-state index contributed by atoms with van der Waals surface area (Å²) in [6.07, 6.45) is 0. The van der Waals surface area contributed by atoms with Crippen LogP contribution in [0.25, 0.3) is 43.8 Å². The average Bonchev–Trinajstić information content (AvgIpc) is 3.45. The number of anilines is 3. The highest BCUT2D eigenvalue weighted by Crippen LogP contribution is 2.50. The number of nitrogens with zero attached hydrogens (tertiary/aromatic N) is 1. The Labute approximate surface area is 227 Å².